The maximum absolute atomic E-state index is 9.65. The van der Waals surface area contributed by atoms with Gasteiger partial charge in [-0.15, -0.1) is 0 Å². The van der Waals surface area contributed by atoms with Gasteiger partial charge in [-0.25, -0.2) is 0 Å². The van der Waals surface area contributed by atoms with Crippen molar-refractivity contribution in [3.05, 3.63) is 29.3 Å². The number of fused-ring (bicyclic) bond motifs is 1. The van der Waals surface area contributed by atoms with Crippen LogP contribution in [-0.4, -0.2) is 48.6 Å². The molecule has 3 rings (SSSR count). The number of hydrogen-bond acceptors (Lipinski definition) is 3. The number of aromatic hydroxyl groups is 1. The molecule has 0 aromatic heterocycles. The Morgan fingerprint density at radius 2 is 2.20 bits per heavy atom. The van der Waals surface area contributed by atoms with Gasteiger partial charge in [0, 0.05) is 19.1 Å². The molecule has 2 aliphatic rings. The van der Waals surface area contributed by atoms with Crippen molar-refractivity contribution in [2.24, 2.45) is 5.92 Å². The molecular weight excluding hydrogens is 248 g/mol. The molecule has 1 aromatic rings. The molecule has 2 unspecified atom stereocenters. The lowest BCUT2D eigenvalue weighted by molar-refractivity contribution is 0.189. The second-order valence-electron chi connectivity index (χ2n) is 6.65. The summed E-state index contributed by atoms with van der Waals surface area (Å²) in [4.78, 5) is 4.98. The van der Waals surface area contributed by atoms with Gasteiger partial charge in [-0.3, -0.25) is 4.90 Å². The summed E-state index contributed by atoms with van der Waals surface area (Å²) >= 11 is 0. The topological polar surface area (TPSA) is 26.7 Å². The minimum atomic E-state index is 0.407. The molecule has 20 heavy (non-hydrogen) atoms. The Labute approximate surface area is 122 Å². The van der Waals surface area contributed by atoms with Gasteiger partial charge >= 0.3 is 0 Å². The van der Waals surface area contributed by atoms with Crippen LogP contribution in [0.25, 0.3) is 0 Å². The van der Waals surface area contributed by atoms with E-state index in [0.29, 0.717) is 11.8 Å². The summed E-state index contributed by atoms with van der Waals surface area (Å²) in [6.07, 6.45) is 4.92. The van der Waals surface area contributed by atoms with Crippen molar-refractivity contribution in [3.8, 4) is 5.75 Å². The van der Waals surface area contributed by atoms with Crippen LogP contribution in [0.2, 0.25) is 0 Å². The van der Waals surface area contributed by atoms with Crippen molar-refractivity contribution in [2.75, 3.05) is 33.7 Å². The third-order valence-electron chi connectivity index (χ3n) is 4.98. The van der Waals surface area contributed by atoms with Crippen LogP contribution in [0.15, 0.2) is 18.2 Å². The second-order valence-corrected chi connectivity index (χ2v) is 6.65. The molecule has 0 bridgehead atoms. The third-order valence-corrected chi connectivity index (χ3v) is 4.98. The number of nitrogens with zero attached hydrogens (tertiary/aromatic N) is 2. The van der Waals surface area contributed by atoms with E-state index in [2.05, 4.69) is 30.0 Å². The minimum Gasteiger partial charge on any atom is -0.508 e. The van der Waals surface area contributed by atoms with Crippen molar-refractivity contribution in [1.29, 1.82) is 0 Å². The van der Waals surface area contributed by atoms with E-state index in [1.54, 1.807) is 0 Å². The molecule has 3 heteroatoms. The molecule has 1 heterocycles. The van der Waals surface area contributed by atoms with Gasteiger partial charge in [0.05, 0.1) is 0 Å². The molecule has 0 saturated carbocycles. The number of phenolic OH excluding ortho intramolecular Hbond substituents is 1. The Bertz CT molecular complexity index is 474. The standard InChI is InChI=1S/C17H26N2O/c1-18-9-8-13(11-18)12-19(2)17-5-3-4-14-10-15(20)6-7-16(14)17/h6-7,10,13,17,20H,3-5,8-9,11-12H2,1-2H3. The summed E-state index contributed by atoms with van der Waals surface area (Å²) in [6, 6.07) is 6.46. The number of hydrogen-bond donors (Lipinski definition) is 1. The second kappa shape index (κ2) is 5.74. The largest absolute Gasteiger partial charge is 0.508 e. The summed E-state index contributed by atoms with van der Waals surface area (Å²) in [5.41, 5.74) is 2.78. The van der Waals surface area contributed by atoms with Crippen LogP contribution >= 0.6 is 0 Å². The van der Waals surface area contributed by atoms with E-state index < -0.39 is 0 Å². The normalized spacial score (nSPS) is 26.9. The summed E-state index contributed by atoms with van der Waals surface area (Å²) in [7, 11) is 4.49. The molecule has 0 radical (unpaired) electrons. The first-order chi connectivity index (χ1) is 9.63. The maximum atomic E-state index is 9.65. The van der Waals surface area contributed by atoms with Gasteiger partial charge in [0.2, 0.25) is 0 Å². The fourth-order valence-corrected chi connectivity index (χ4v) is 3.94. The van der Waals surface area contributed by atoms with Crippen molar-refractivity contribution in [1.82, 2.24) is 9.80 Å². The molecule has 1 saturated heterocycles. The van der Waals surface area contributed by atoms with Crippen LogP contribution in [-0.2, 0) is 6.42 Å². The lowest BCUT2D eigenvalue weighted by Crippen LogP contribution is -2.33. The number of phenols is 1. The first-order valence-corrected chi connectivity index (χ1v) is 7.84. The monoisotopic (exact) mass is 274 g/mol. The first-order valence-electron chi connectivity index (χ1n) is 7.84. The lowest BCUT2D eigenvalue weighted by atomic mass is 9.86. The van der Waals surface area contributed by atoms with Crippen LogP contribution in [0.5, 0.6) is 5.75 Å². The van der Waals surface area contributed by atoms with E-state index in [4.69, 9.17) is 0 Å². The fraction of sp³-hybridized carbons (Fsp3) is 0.647. The van der Waals surface area contributed by atoms with Gasteiger partial charge in [0.1, 0.15) is 5.75 Å². The third kappa shape index (κ3) is 2.84. The molecule has 1 aromatic carbocycles. The van der Waals surface area contributed by atoms with Crippen molar-refractivity contribution in [3.63, 3.8) is 0 Å². The zero-order valence-corrected chi connectivity index (χ0v) is 12.7. The summed E-state index contributed by atoms with van der Waals surface area (Å²) in [5.74, 6) is 1.22. The zero-order valence-electron chi connectivity index (χ0n) is 12.7. The number of aryl methyl sites for hydroxylation is 1. The Balaban J connectivity index is 1.71. The molecular formula is C17H26N2O. The Morgan fingerprint density at radius 3 is 2.95 bits per heavy atom. The summed E-state index contributed by atoms with van der Waals surface area (Å²) in [6.45, 7) is 3.67. The molecule has 0 spiro atoms. The number of rotatable bonds is 3. The molecule has 110 valence electrons. The van der Waals surface area contributed by atoms with Crippen LogP contribution in [0, 0.1) is 5.92 Å². The highest BCUT2D eigenvalue weighted by Gasteiger charge is 2.27. The van der Waals surface area contributed by atoms with E-state index in [1.165, 1.54) is 50.0 Å². The highest BCUT2D eigenvalue weighted by Crippen LogP contribution is 2.35. The quantitative estimate of drug-likeness (QED) is 0.918. The first kappa shape index (κ1) is 13.9. The SMILES string of the molecule is CN1CCC(CN(C)C2CCCc3cc(O)ccc32)C1. The average molecular weight is 274 g/mol. The minimum absolute atomic E-state index is 0.407. The average Bonchev–Trinajstić information content (AvgIpc) is 2.83. The van der Waals surface area contributed by atoms with Crippen LogP contribution < -0.4 is 0 Å². The van der Waals surface area contributed by atoms with E-state index >= 15 is 0 Å². The lowest BCUT2D eigenvalue weighted by Gasteiger charge is -2.34. The fourth-order valence-electron chi connectivity index (χ4n) is 3.94. The van der Waals surface area contributed by atoms with Crippen molar-refractivity contribution in [2.45, 2.75) is 31.7 Å². The Kier molecular flexibility index (Phi) is 3.99. The van der Waals surface area contributed by atoms with E-state index in [-0.39, 0.29) is 0 Å². The number of benzene rings is 1. The van der Waals surface area contributed by atoms with Gasteiger partial charge in [-0.2, -0.15) is 0 Å². The summed E-state index contributed by atoms with van der Waals surface area (Å²) < 4.78 is 0. The smallest absolute Gasteiger partial charge is 0.115 e. The Morgan fingerprint density at radius 1 is 1.35 bits per heavy atom. The molecule has 1 N–H and O–H groups in total. The van der Waals surface area contributed by atoms with Crippen LogP contribution in [0.1, 0.15) is 36.4 Å². The maximum Gasteiger partial charge on any atom is 0.115 e. The molecule has 1 aliphatic heterocycles. The van der Waals surface area contributed by atoms with Gasteiger partial charge in [0.25, 0.3) is 0 Å². The molecule has 1 fully saturated rings. The molecule has 2 atom stereocenters. The van der Waals surface area contributed by atoms with Gasteiger partial charge in [0.15, 0.2) is 0 Å². The molecule has 1 aliphatic carbocycles. The van der Waals surface area contributed by atoms with Crippen molar-refractivity contribution < 1.29 is 5.11 Å². The van der Waals surface area contributed by atoms with E-state index in [0.717, 1.165) is 12.3 Å². The highest BCUT2D eigenvalue weighted by molar-refractivity contribution is 5.38. The highest BCUT2D eigenvalue weighted by atomic mass is 16.3. The van der Waals surface area contributed by atoms with Gasteiger partial charge in [-0.1, -0.05) is 6.07 Å². The molecule has 0 amide bonds. The predicted molar refractivity (Wildman–Crippen MR) is 82.0 cm³/mol. The van der Waals surface area contributed by atoms with E-state index in [1.807, 2.05) is 12.1 Å². The molecule has 3 nitrogen and oxygen atoms in total. The van der Waals surface area contributed by atoms with E-state index in [9.17, 15) is 5.11 Å². The Hall–Kier alpha value is -1.06. The van der Waals surface area contributed by atoms with Crippen LogP contribution in [0.3, 0.4) is 0 Å². The van der Waals surface area contributed by atoms with Crippen LogP contribution in [0.4, 0.5) is 0 Å². The predicted octanol–water partition coefficient (Wildman–Crippen LogP) is 2.65. The number of likely N-dealkylation sites (tertiary alicyclic amines) is 1. The van der Waals surface area contributed by atoms with Crippen molar-refractivity contribution >= 4 is 0 Å². The summed E-state index contributed by atoms with van der Waals surface area (Å²) in [5, 5.41) is 9.65. The van der Waals surface area contributed by atoms with Gasteiger partial charge < -0.3 is 10.0 Å². The van der Waals surface area contributed by atoms with Gasteiger partial charge in [-0.05, 0) is 75.5 Å². The zero-order chi connectivity index (χ0) is 14.1.